The number of para-hydroxylation sites is 2. The Kier molecular flexibility index (Phi) is 6.85. The van der Waals surface area contributed by atoms with E-state index in [1.807, 2.05) is 48.5 Å². The fourth-order valence-corrected chi connectivity index (χ4v) is 2.95. The van der Waals surface area contributed by atoms with Crippen LogP contribution in [0.4, 0.5) is 6.01 Å². The molecule has 0 saturated heterocycles. The van der Waals surface area contributed by atoms with Crippen LogP contribution in [0, 0.1) is 0 Å². The highest BCUT2D eigenvalue weighted by atomic mass is 16.5. The van der Waals surface area contributed by atoms with Crippen molar-refractivity contribution in [3.8, 4) is 5.75 Å². The molecule has 3 aromatic rings. The van der Waals surface area contributed by atoms with E-state index in [0.717, 1.165) is 61.1 Å². The van der Waals surface area contributed by atoms with Gasteiger partial charge in [0.15, 0.2) is 5.58 Å². The summed E-state index contributed by atoms with van der Waals surface area (Å²) in [7, 11) is 0. The number of nitrogens with zero attached hydrogens (tertiary/aromatic N) is 2. The molecule has 0 unspecified atom stereocenters. The van der Waals surface area contributed by atoms with Gasteiger partial charge >= 0.3 is 0 Å². The number of anilines is 1. The standard InChI is InChI=1S/C22H26N2O3/c1-2-3-13-24(22-23-20-10-4-5-11-21(20)27-22)14-7-16-26-19-9-6-8-18(17-19)12-15-25/h4-6,8-11,15,17H,2-3,7,12-14,16H2,1H3. The van der Waals surface area contributed by atoms with Crippen LogP contribution in [-0.2, 0) is 11.2 Å². The predicted molar refractivity (Wildman–Crippen MR) is 107 cm³/mol. The summed E-state index contributed by atoms with van der Waals surface area (Å²) in [6, 6.07) is 16.2. The number of hydrogen-bond donors (Lipinski definition) is 0. The number of oxazole rings is 1. The van der Waals surface area contributed by atoms with E-state index in [9.17, 15) is 4.79 Å². The number of aldehydes is 1. The van der Waals surface area contributed by atoms with E-state index < -0.39 is 0 Å². The number of fused-ring (bicyclic) bond motifs is 1. The summed E-state index contributed by atoms with van der Waals surface area (Å²) >= 11 is 0. The van der Waals surface area contributed by atoms with Gasteiger partial charge in [0.2, 0.25) is 0 Å². The number of hydrogen-bond acceptors (Lipinski definition) is 5. The van der Waals surface area contributed by atoms with Gasteiger partial charge in [-0.25, -0.2) is 0 Å². The molecule has 3 rings (SSSR count). The minimum absolute atomic E-state index is 0.416. The zero-order valence-electron chi connectivity index (χ0n) is 15.8. The Morgan fingerprint density at radius 3 is 2.78 bits per heavy atom. The maximum absolute atomic E-state index is 10.6. The summed E-state index contributed by atoms with van der Waals surface area (Å²) in [6.45, 7) is 4.52. The van der Waals surface area contributed by atoms with E-state index in [0.29, 0.717) is 19.0 Å². The molecule has 142 valence electrons. The Morgan fingerprint density at radius 1 is 1.11 bits per heavy atom. The molecule has 0 aliphatic rings. The maximum atomic E-state index is 10.6. The van der Waals surface area contributed by atoms with E-state index >= 15 is 0 Å². The van der Waals surface area contributed by atoms with Crippen molar-refractivity contribution in [1.82, 2.24) is 4.98 Å². The first-order chi connectivity index (χ1) is 13.3. The summed E-state index contributed by atoms with van der Waals surface area (Å²) in [4.78, 5) is 17.5. The molecular formula is C22H26N2O3. The smallest absolute Gasteiger partial charge is 0.298 e. The molecule has 0 N–H and O–H groups in total. The topological polar surface area (TPSA) is 55.6 Å². The molecule has 27 heavy (non-hydrogen) atoms. The molecule has 1 aromatic heterocycles. The average molecular weight is 366 g/mol. The Morgan fingerprint density at radius 2 is 1.96 bits per heavy atom. The van der Waals surface area contributed by atoms with Crippen LogP contribution in [0.1, 0.15) is 31.7 Å². The highest BCUT2D eigenvalue weighted by Gasteiger charge is 2.13. The summed E-state index contributed by atoms with van der Waals surface area (Å²) in [5, 5.41) is 0. The van der Waals surface area contributed by atoms with Crippen LogP contribution in [-0.4, -0.2) is 31.0 Å². The largest absolute Gasteiger partial charge is 0.494 e. The van der Waals surface area contributed by atoms with Crippen LogP contribution in [0.5, 0.6) is 5.75 Å². The van der Waals surface area contributed by atoms with Crippen molar-refractivity contribution >= 4 is 23.4 Å². The van der Waals surface area contributed by atoms with Crippen LogP contribution in [0.2, 0.25) is 0 Å². The van der Waals surface area contributed by atoms with E-state index in [2.05, 4.69) is 16.8 Å². The van der Waals surface area contributed by atoms with E-state index in [-0.39, 0.29) is 0 Å². The van der Waals surface area contributed by atoms with Gasteiger partial charge in [0.05, 0.1) is 6.61 Å². The molecule has 5 heteroatoms. The third kappa shape index (κ3) is 5.33. The van der Waals surface area contributed by atoms with Gasteiger partial charge in [0, 0.05) is 19.5 Å². The van der Waals surface area contributed by atoms with Gasteiger partial charge in [-0.1, -0.05) is 37.6 Å². The third-order valence-electron chi connectivity index (χ3n) is 4.39. The second-order valence-corrected chi connectivity index (χ2v) is 6.52. The number of aromatic nitrogens is 1. The summed E-state index contributed by atoms with van der Waals surface area (Å²) < 4.78 is 11.8. The van der Waals surface area contributed by atoms with Crippen molar-refractivity contribution in [2.24, 2.45) is 0 Å². The molecule has 0 fully saturated rings. The lowest BCUT2D eigenvalue weighted by molar-refractivity contribution is -0.107. The highest BCUT2D eigenvalue weighted by Crippen LogP contribution is 2.22. The molecule has 0 spiro atoms. The van der Waals surface area contributed by atoms with Crippen LogP contribution < -0.4 is 9.64 Å². The normalized spacial score (nSPS) is 10.9. The molecule has 0 radical (unpaired) electrons. The van der Waals surface area contributed by atoms with Gasteiger partial charge in [-0.05, 0) is 42.7 Å². The molecule has 0 bridgehead atoms. The predicted octanol–water partition coefficient (Wildman–Crippen LogP) is 4.64. The maximum Gasteiger partial charge on any atom is 0.298 e. The number of ether oxygens (including phenoxy) is 1. The van der Waals surface area contributed by atoms with Crippen LogP contribution in [0.25, 0.3) is 11.1 Å². The molecule has 2 aromatic carbocycles. The number of unbranched alkanes of at least 4 members (excludes halogenated alkanes) is 1. The van der Waals surface area contributed by atoms with E-state index in [4.69, 9.17) is 9.15 Å². The fourth-order valence-electron chi connectivity index (χ4n) is 2.95. The minimum atomic E-state index is 0.416. The monoisotopic (exact) mass is 366 g/mol. The van der Waals surface area contributed by atoms with Crippen molar-refractivity contribution in [3.63, 3.8) is 0 Å². The summed E-state index contributed by atoms with van der Waals surface area (Å²) in [6.07, 6.45) is 4.40. The highest BCUT2D eigenvalue weighted by molar-refractivity contribution is 5.74. The van der Waals surface area contributed by atoms with Crippen LogP contribution in [0.3, 0.4) is 0 Å². The van der Waals surface area contributed by atoms with Crippen molar-refractivity contribution in [2.75, 3.05) is 24.6 Å². The second kappa shape index (κ2) is 9.76. The molecule has 0 amide bonds. The van der Waals surface area contributed by atoms with Gasteiger partial charge in [-0.3, -0.25) is 0 Å². The molecule has 0 aliphatic heterocycles. The van der Waals surface area contributed by atoms with Crippen LogP contribution >= 0.6 is 0 Å². The number of benzene rings is 2. The Labute approximate surface area is 160 Å². The van der Waals surface area contributed by atoms with Crippen LogP contribution in [0.15, 0.2) is 52.9 Å². The number of carbonyl (C=O) groups is 1. The average Bonchev–Trinajstić information content (AvgIpc) is 3.12. The third-order valence-corrected chi connectivity index (χ3v) is 4.39. The molecule has 0 atom stereocenters. The zero-order chi connectivity index (χ0) is 18.9. The van der Waals surface area contributed by atoms with Gasteiger partial charge in [0.1, 0.15) is 17.6 Å². The van der Waals surface area contributed by atoms with Gasteiger partial charge in [0.25, 0.3) is 6.01 Å². The minimum Gasteiger partial charge on any atom is -0.494 e. The number of carbonyl (C=O) groups excluding carboxylic acids is 1. The number of rotatable bonds is 11. The lowest BCUT2D eigenvalue weighted by Crippen LogP contribution is -2.27. The van der Waals surface area contributed by atoms with Gasteiger partial charge in [-0.15, -0.1) is 0 Å². The quantitative estimate of drug-likeness (QED) is 0.365. The zero-order valence-corrected chi connectivity index (χ0v) is 15.8. The SMILES string of the molecule is CCCCN(CCCOc1cccc(CC=O)c1)c1nc2ccccc2o1. The van der Waals surface area contributed by atoms with Crippen molar-refractivity contribution in [3.05, 3.63) is 54.1 Å². The molecular weight excluding hydrogens is 340 g/mol. The second-order valence-electron chi connectivity index (χ2n) is 6.52. The first-order valence-electron chi connectivity index (χ1n) is 9.56. The first kappa shape index (κ1) is 19.0. The van der Waals surface area contributed by atoms with Crippen molar-refractivity contribution in [1.29, 1.82) is 0 Å². The van der Waals surface area contributed by atoms with Gasteiger partial charge in [-0.2, -0.15) is 4.98 Å². The Bertz CT molecular complexity index is 826. The lowest BCUT2D eigenvalue weighted by Gasteiger charge is -2.20. The molecule has 0 saturated carbocycles. The lowest BCUT2D eigenvalue weighted by atomic mass is 10.1. The summed E-state index contributed by atoms with van der Waals surface area (Å²) in [5.74, 6) is 0.802. The fraction of sp³-hybridized carbons (Fsp3) is 0.364. The van der Waals surface area contributed by atoms with Crippen molar-refractivity contribution < 1.29 is 13.9 Å². The van der Waals surface area contributed by atoms with E-state index in [1.165, 1.54) is 0 Å². The molecule has 0 aliphatic carbocycles. The molecule has 5 nitrogen and oxygen atoms in total. The molecule has 1 heterocycles. The Hall–Kier alpha value is -2.82. The van der Waals surface area contributed by atoms with Crippen molar-refractivity contribution in [2.45, 2.75) is 32.6 Å². The Balaban J connectivity index is 1.56. The van der Waals surface area contributed by atoms with Gasteiger partial charge < -0.3 is 18.8 Å². The summed E-state index contributed by atoms with van der Waals surface area (Å²) in [5.41, 5.74) is 2.67. The van der Waals surface area contributed by atoms with E-state index in [1.54, 1.807) is 0 Å². The first-order valence-corrected chi connectivity index (χ1v) is 9.56.